The lowest BCUT2D eigenvalue weighted by molar-refractivity contribution is -0.138. The van der Waals surface area contributed by atoms with Gasteiger partial charge in [-0.05, 0) is 13.8 Å². The van der Waals surface area contributed by atoms with Gasteiger partial charge in [0.05, 0.1) is 13.7 Å². The van der Waals surface area contributed by atoms with E-state index in [0.29, 0.717) is 0 Å². The smallest absolute Gasteiger partial charge is 0.466 e. The normalized spacial score (nSPS) is 9.04. The van der Waals surface area contributed by atoms with Gasteiger partial charge in [-0.1, -0.05) is 37.5 Å². The van der Waals surface area contributed by atoms with Crippen LogP contribution in [0.1, 0.15) is 13.8 Å². The molecule has 0 heterocycles. The summed E-state index contributed by atoms with van der Waals surface area (Å²) in [6.07, 6.45) is 2.05. The van der Waals surface area contributed by atoms with Crippen LogP contribution in [0.25, 0.3) is 0 Å². The van der Waals surface area contributed by atoms with Gasteiger partial charge in [0.15, 0.2) is 0 Å². The molecule has 0 rings (SSSR count). The van der Waals surface area contributed by atoms with Crippen LogP contribution in [-0.4, -0.2) is 42.0 Å². The van der Waals surface area contributed by atoms with Gasteiger partial charge in [0.25, 0.3) is 0 Å². The van der Waals surface area contributed by atoms with Crippen molar-refractivity contribution in [3.63, 3.8) is 0 Å². The van der Waals surface area contributed by atoms with E-state index in [2.05, 4.69) is 40.3 Å². The number of hydrogen-bond donors (Lipinski definition) is 2. The number of methoxy groups -OCH3 is 1. The summed E-state index contributed by atoms with van der Waals surface area (Å²) in [6, 6.07) is 0. The maximum atomic E-state index is 10.3. The van der Waals surface area contributed by atoms with Crippen LogP contribution in [0.2, 0.25) is 0 Å². The van der Waals surface area contributed by atoms with Gasteiger partial charge in [-0.25, -0.2) is 14.2 Å². The zero-order valence-corrected chi connectivity index (χ0v) is 15.1. The van der Waals surface area contributed by atoms with Crippen LogP contribution in [0.5, 0.6) is 0 Å². The first-order valence-corrected chi connectivity index (χ1v) is 7.95. The van der Waals surface area contributed by atoms with Crippen LogP contribution >= 0.6 is 7.82 Å². The van der Waals surface area contributed by atoms with Crippen molar-refractivity contribution in [2.24, 2.45) is 0 Å². The number of carbonyl (C=O) groups excluding carboxylic acids is 2. The molecule has 8 nitrogen and oxygen atoms in total. The third-order valence-electron chi connectivity index (χ3n) is 1.85. The van der Waals surface area contributed by atoms with Crippen molar-refractivity contribution in [3.8, 4) is 0 Å². The van der Waals surface area contributed by atoms with Crippen LogP contribution in [0.15, 0.2) is 49.6 Å². The lowest BCUT2D eigenvalue weighted by Gasteiger charge is -2.04. The Morgan fingerprint density at radius 3 is 1.62 bits per heavy atom. The van der Waals surface area contributed by atoms with E-state index in [0.717, 1.165) is 23.3 Å². The molecular weight excluding hydrogens is 339 g/mol. The van der Waals surface area contributed by atoms with E-state index in [4.69, 9.17) is 9.79 Å². The summed E-state index contributed by atoms with van der Waals surface area (Å²) in [6.45, 7) is 16.9. The minimum atomic E-state index is -4.45. The van der Waals surface area contributed by atoms with Crippen molar-refractivity contribution in [1.82, 2.24) is 0 Å². The third-order valence-corrected chi connectivity index (χ3v) is 2.37. The second kappa shape index (κ2) is 15.9. The lowest BCUT2D eigenvalue weighted by Crippen LogP contribution is -2.07. The van der Waals surface area contributed by atoms with Gasteiger partial charge in [0.1, 0.15) is 6.61 Å². The van der Waals surface area contributed by atoms with Crippen LogP contribution < -0.4 is 0 Å². The van der Waals surface area contributed by atoms with Gasteiger partial charge in [-0.15, -0.1) is 0 Å². The average Bonchev–Trinajstić information content (AvgIpc) is 2.50. The number of ether oxygens (including phenoxy) is 2. The summed E-state index contributed by atoms with van der Waals surface area (Å²) in [5.74, 6) is -1.06. The van der Waals surface area contributed by atoms with E-state index in [1.807, 2.05) is 13.8 Å². The Balaban J connectivity index is -0.000000309. The number of phosphoric ester groups is 1. The van der Waals surface area contributed by atoms with E-state index < -0.39 is 19.8 Å². The molecule has 0 aliphatic heterocycles. The zero-order valence-electron chi connectivity index (χ0n) is 14.2. The molecule has 0 spiro atoms. The number of esters is 2. The molecule has 0 saturated heterocycles. The molecule has 0 unspecified atom stereocenters. The summed E-state index contributed by atoms with van der Waals surface area (Å²) in [7, 11) is -3.14. The summed E-state index contributed by atoms with van der Waals surface area (Å²) in [5, 5.41) is 0. The highest BCUT2D eigenvalue weighted by Gasteiger charge is 2.12. The lowest BCUT2D eigenvalue weighted by atomic mass is 10.2. The van der Waals surface area contributed by atoms with Crippen molar-refractivity contribution < 1.29 is 37.9 Å². The van der Waals surface area contributed by atoms with E-state index in [1.54, 1.807) is 0 Å². The molecule has 0 aliphatic carbocycles. The number of carbonyl (C=O) groups is 2. The SMILES string of the molecule is C=C(C)C(=C)C.C=CC(=O)OC.C=CC(=O)OCCOP(=O)(O)O. The Bertz CT molecular complexity index is 475. The fourth-order valence-electron chi connectivity index (χ4n) is 0.441. The maximum absolute atomic E-state index is 10.3. The first-order chi connectivity index (χ1) is 10.9. The van der Waals surface area contributed by atoms with Crippen molar-refractivity contribution in [3.05, 3.63) is 49.6 Å². The molecule has 0 saturated carbocycles. The molecule has 0 aromatic rings. The van der Waals surface area contributed by atoms with Crippen LogP contribution in [0.3, 0.4) is 0 Å². The van der Waals surface area contributed by atoms with Crippen LogP contribution in [0, 0.1) is 0 Å². The van der Waals surface area contributed by atoms with Gasteiger partial charge >= 0.3 is 19.8 Å². The number of allylic oxidation sites excluding steroid dienone is 2. The monoisotopic (exact) mass is 364 g/mol. The second-order valence-electron chi connectivity index (χ2n) is 3.98. The maximum Gasteiger partial charge on any atom is 0.469 e. The third kappa shape index (κ3) is 28.2. The molecule has 0 amide bonds. The first kappa shape index (κ1) is 26.9. The predicted molar refractivity (Wildman–Crippen MR) is 91.0 cm³/mol. The Morgan fingerprint density at radius 1 is 1.00 bits per heavy atom. The molecule has 0 radical (unpaired) electrons. The highest BCUT2D eigenvalue weighted by molar-refractivity contribution is 7.46. The topological polar surface area (TPSA) is 119 Å². The minimum Gasteiger partial charge on any atom is -0.466 e. The van der Waals surface area contributed by atoms with Crippen LogP contribution in [0.4, 0.5) is 0 Å². The van der Waals surface area contributed by atoms with Gasteiger partial charge in [0, 0.05) is 12.2 Å². The fraction of sp³-hybridized carbons (Fsp3) is 0.333. The van der Waals surface area contributed by atoms with E-state index in [1.165, 1.54) is 7.11 Å². The van der Waals surface area contributed by atoms with Crippen molar-refractivity contribution >= 4 is 19.8 Å². The molecule has 24 heavy (non-hydrogen) atoms. The number of rotatable bonds is 7. The van der Waals surface area contributed by atoms with E-state index in [-0.39, 0.29) is 13.2 Å². The Morgan fingerprint density at radius 2 is 1.42 bits per heavy atom. The summed E-state index contributed by atoms with van der Waals surface area (Å²) >= 11 is 0. The quantitative estimate of drug-likeness (QED) is 0.232. The van der Waals surface area contributed by atoms with Gasteiger partial charge in [-0.3, -0.25) is 4.52 Å². The minimum absolute atomic E-state index is 0.212. The zero-order chi connectivity index (χ0) is 19.8. The Labute approximate surface area is 142 Å². The van der Waals surface area contributed by atoms with Crippen molar-refractivity contribution in [2.75, 3.05) is 20.3 Å². The standard InChI is InChI=1S/C6H10.C5H9O6P.C4H6O2/c1-5(2)6(3)4;1-2-5(6)10-3-4-11-12(7,8)9;1-3-4(5)6-2/h1,3H2,2,4H3;2H,1,3-4H2,(H2,7,8,9);3H,1H2,2H3. The highest BCUT2D eigenvalue weighted by Crippen LogP contribution is 2.35. The number of hydrogen-bond acceptors (Lipinski definition) is 6. The fourth-order valence-corrected chi connectivity index (χ4v) is 0.753. The van der Waals surface area contributed by atoms with E-state index >= 15 is 0 Å². The summed E-state index contributed by atoms with van der Waals surface area (Å²) < 4.78 is 22.5. The molecule has 138 valence electrons. The first-order valence-electron chi connectivity index (χ1n) is 6.42. The van der Waals surface area contributed by atoms with Crippen molar-refractivity contribution in [1.29, 1.82) is 0 Å². The molecule has 2 N–H and O–H groups in total. The molecule has 9 heteroatoms. The Kier molecular flexibility index (Phi) is 17.8. The van der Waals surface area contributed by atoms with Gasteiger partial charge in [0.2, 0.25) is 0 Å². The van der Waals surface area contributed by atoms with Crippen LogP contribution in [-0.2, 0) is 28.2 Å². The predicted octanol–water partition coefficient (Wildman–Crippen LogP) is 2.31. The van der Waals surface area contributed by atoms with Crippen molar-refractivity contribution in [2.45, 2.75) is 13.8 Å². The number of phosphoric acid groups is 1. The molecule has 0 aromatic carbocycles. The molecule has 0 atom stereocenters. The average molecular weight is 364 g/mol. The van der Waals surface area contributed by atoms with Gasteiger partial charge < -0.3 is 19.3 Å². The van der Waals surface area contributed by atoms with Gasteiger partial charge in [-0.2, -0.15) is 0 Å². The largest absolute Gasteiger partial charge is 0.469 e. The Hall–Kier alpha value is -1.99. The molecule has 0 aromatic heterocycles. The summed E-state index contributed by atoms with van der Waals surface area (Å²) in [5.41, 5.74) is 2.13. The molecule has 0 fully saturated rings. The second-order valence-corrected chi connectivity index (χ2v) is 5.22. The summed E-state index contributed by atoms with van der Waals surface area (Å²) in [4.78, 5) is 36.5. The highest BCUT2D eigenvalue weighted by atomic mass is 31.2. The molecule has 0 aliphatic rings. The molecule has 0 bridgehead atoms. The van der Waals surface area contributed by atoms with E-state index in [9.17, 15) is 14.2 Å². The molecular formula is C15H25O8P.